The monoisotopic (exact) mass is 648 g/mol. The van der Waals surface area contributed by atoms with Crippen LogP contribution in [0.5, 0.6) is 0 Å². The Hall–Kier alpha value is -0.910. The fourth-order valence-electron chi connectivity index (χ4n) is 3.69. The second-order valence-corrected chi connectivity index (χ2v) is 15.2. The van der Waals surface area contributed by atoms with Crippen LogP contribution in [-0.2, 0) is 12.6 Å². The molecule has 0 atom stereocenters. The second-order valence-electron chi connectivity index (χ2n) is 7.79. The van der Waals surface area contributed by atoms with E-state index in [1.165, 1.54) is 6.07 Å². The zero-order chi connectivity index (χ0) is 26.0. The Morgan fingerprint density at radius 3 is 1.53 bits per heavy atom. The Bertz CT molecular complexity index is 981. The first-order chi connectivity index (χ1) is 15.3. The molecule has 1 aromatic carbocycles. The Balaban J connectivity index is 2.28. The summed E-state index contributed by atoms with van der Waals surface area (Å²) in [6.07, 6.45) is -0.628. The zero-order valence-electron chi connectivity index (χ0n) is 16.7. The molecular formula is C18H16F11IO3S. The molecule has 0 saturated heterocycles. The van der Waals surface area contributed by atoms with E-state index in [0.29, 0.717) is 6.42 Å². The van der Waals surface area contributed by atoms with Crippen LogP contribution in [0.15, 0.2) is 35.2 Å². The normalized spacial score (nSPS) is 27.7. The van der Waals surface area contributed by atoms with E-state index in [2.05, 4.69) is 2.51 Å². The van der Waals surface area contributed by atoms with Crippen LogP contribution in [0, 0.1) is 0 Å². The number of rotatable bonds is 5. The quantitative estimate of drug-likeness (QED) is 0.196. The molecule has 0 unspecified atom stereocenters. The SMILES string of the molecule is O=S(=O)(OI(C1CCCCC1)C1(F)C(F)(F)C(F)(F)C(F)(F)C(F)(F)C1(F)F)c1ccccc1. The maximum absolute atomic E-state index is 15.8. The molecule has 0 spiro atoms. The van der Waals surface area contributed by atoms with Gasteiger partial charge in [-0.05, 0) is 0 Å². The Morgan fingerprint density at radius 2 is 1.09 bits per heavy atom. The van der Waals surface area contributed by atoms with Gasteiger partial charge in [0, 0.05) is 0 Å². The molecule has 3 rings (SSSR count). The van der Waals surface area contributed by atoms with Gasteiger partial charge in [0.2, 0.25) is 0 Å². The van der Waals surface area contributed by atoms with Gasteiger partial charge in [-0.15, -0.1) is 0 Å². The third-order valence-corrected chi connectivity index (χ3v) is 15.0. The summed E-state index contributed by atoms with van der Waals surface area (Å²) in [7, 11) is -5.41. The molecule has 2 fully saturated rings. The summed E-state index contributed by atoms with van der Waals surface area (Å²) in [5.74, 6) is -36.2. The van der Waals surface area contributed by atoms with Crippen LogP contribution in [0.2, 0.25) is 0 Å². The fraction of sp³-hybridized carbons (Fsp3) is 0.667. The van der Waals surface area contributed by atoms with E-state index in [9.17, 15) is 52.3 Å². The van der Waals surface area contributed by atoms with Crippen LogP contribution in [0.1, 0.15) is 32.1 Å². The van der Waals surface area contributed by atoms with Crippen molar-refractivity contribution in [3.8, 4) is 0 Å². The van der Waals surface area contributed by atoms with E-state index >= 15 is 4.39 Å². The van der Waals surface area contributed by atoms with Gasteiger partial charge >= 0.3 is 194 Å². The van der Waals surface area contributed by atoms with Gasteiger partial charge in [0.05, 0.1) is 0 Å². The van der Waals surface area contributed by atoms with Gasteiger partial charge in [-0.2, -0.15) is 0 Å². The molecule has 0 bridgehead atoms. The fourth-order valence-corrected chi connectivity index (χ4v) is 13.6. The van der Waals surface area contributed by atoms with Crippen LogP contribution in [-0.4, -0.2) is 45.6 Å². The average molecular weight is 648 g/mol. The predicted molar refractivity (Wildman–Crippen MR) is 104 cm³/mol. The summed E-state index contributed by atoms with van der Waals surface area (Å²) >= 11 is -6.08. The molecule has 1 aromatic rings. The molecule has 16 heteroatoms. The Morgan fingerprint density at radius 1 is 0.676 bits per heavy atom. The number of halogens is 12. The first-order valence-corrected chi connectivity index (χ1v) is 14.2. The van der Waals surface area contributed by atoms with Gasteiger partial charge in [-0.25, -0.2) is 0 Å². The molecule has 2 aliphatic carbocycles. The first kappa shape index (κ1) is 27.7. The van der Waals surface area contributed by atoms with Crippen molar-refractivity contribution in [1.29, 1.82) is 0 Å². The summed E-state index contributed by atoms with van der Waals surface area (Å²) in [5, 5.41) is 0. The Kier molecular flexibility index (Phi) is 6.76. The second kappa shape index (κ2) is 8.31. The van der Waals surface area contributed by atoms with Crippen LogP contribution >= 0.6 is 20.2 Å². The third kappa shape index (κ3) is 3.47. The average Bonchev–Trinajstić information content (AvgIpc) is 2.76. The first-order valence-electron chi connectivity index (χ1n) is 9.57. The standard InChI is InChI=1S/C18H16F11IO3S/c19-13(20)14(21,22)16(25,26)18(29,17(27,28)15(13,23)24)30(11-7-3-1-4-8-11)33-34(31,32)12-9-5-2-6-10-12/h2,5-6,9-11H,1,3-4,7-8H2. The molecule has 0 N–H and O–H groups in total. The molecular weight excluding hydrogens is 632 g/mol. The van der Waals surface area contributed by atoms with Crippen molar-refractivity contribution in [2.45, 2.75) is 74.2 Å². The van der Waals surface area contributed by atoms with Gasteiger partial charge in [0.1, 0.15) is 0 Å². The molecule has 2 aliphatic rings. The number of benzene rings is 1. The minimum atomic E-state index is -7.37. The van der Waals surface area contributed by atoms with Crippen LogP contribution in [0.25, 0.3) is 0 Å². The molecule has 196 valence electrons. The topological polar surface area (TPSA) is 43.4 Å². The summed E-state index contributed by atoms with van der Waals surface area (Å²) < 4.78 is 179. The van der Waals surface area contributed by atoms with Gasteiger partial charge in [-0.1, -0.05) is 0 Å². The van der Waals surface area contributed by atoms with Crippen molar-refractivity contribution in [2.75, 3.05) is 0 Å². The molecule has 0 radical (unpaired) electrons. The molecule has 0 heterocycles. The van der Waals surface area contributed by atoms with Crippen molar-refractivity contribution in [3.05, 3.63) is 30.3 Å². The van der Waals surface area contributed by atoms with Gasteiger partial charge in [0.15, 0.2) is 0 Å². The Labute approximate surface area is 194 Å². The summed E-state index contributed by atoms with van der Waals surface area (Å²) in [5.41, 5.74) is 0. The van der Waals surface area contributed by atoms with E-state index in [-0.39, 0.29) is 12.8 Å². The molecule has 0 aliphatic heterocycles. The van der Waals surface area contributed by atoms with E-state index < -0.39 is 85.3 Å². The van der Waals surface area contributed by atoms with Crippen molar-refractivity contribution in [1.82, 2.24) is 0 Å². The van der Waals surface area contributed by atoms with Gasteiger partial charge in [0.25, 0.3) is 0 Å². The van der Waals surface area contributed by atoms with Crippen molar-refractivity contribution in [2.24, 2.45) is 0 Å². The number of hydrogen-bond donors (Lipinski definition) is 0. The zero-order valence-corrected chi connectivity index (χ0v) is 19.6. The van der Waals surface area contributed by atoms with Crippen molar-refractivity contribution in [3.63, 3.8) is 0 Å². The molecule has 0 amide bonds. The van der Waals surface area contributed by atoms with Crippen LogP contribution < -0.4 is 0 Å². The van der Waals surface area contributed by atoms with Gasteiger partial charge < -0.3 is 0 Å². The number of alkyl halides is 13. The summed E-state index contributed by atoms with van der Waals surface area (Å²) in [4.78, 5) is -0.886. The molecule has 3 nitrogen and oxygen atoms in total. The molecule has 2 saturated carbocycles. The van der Waals surface area contributed by atoms with E-state index in [0.717, 1.165) is 24.3 Å². The predicted octanol–water partition coefficient (Wildman–Crippen LogP) is 7.00. The maximum atomic E-state index is 15.8. The van der Waals surface area contributed by atoms with Crippen LogP contribution in [0.4, 0.5) is 48.3 Å². The van der Waals surface area contributed by atoms with E-state index in [1.807, 2.05) is 0 Å². The van der Waals surface area contributed by atoms with Gasteiger partial charge in [-0.3, -0.25) is 0 Å². The van der Waals surface area contributed by atoms with Crippen LogP contribution in [0.3, 0.4) is 0 Å². The molecule has 34 heavy (non-hydrogen) atoms. The van der Waals surface area contributed by atoms with Crippen molar-refractivity contribution < 1.29 is 59.2 Å². The minimum absolute atomic E-state index is 0.00353. The van der Waals surface area contributed by atoms with E-state index in [4.69, 9.17) is 0 Å². The third-order valence-electron chi connectivity index (χ3n) is 5.62. The van der Waals surface area contributed by atoms with E-state index in [1.54, 1.807) is 0 Å². The summed E-state index contributed by atoms with van der Waals surface area (Å²) in [6, 6.07) is 4.92. The number of hydrogen-bond acceptors (Lipinski definition) is 3. The summed E-state index contributed by atoms with van der Waals surface area (Å²) in [6.45, 7) is 0. The van der Waals surface area contributed by atoms with Crippen molar-refractivity contribution >= 4 is 30.4 Å². The molecule has 0 aromatic heterocycles.